The van der Waals surface area contributed by atoms with Crippen molar-refractivity contribution in [3.8, 4) is 0 Å². The molecule has 1 spiro atoms. The van der Waals surface area contributed by atoms with Gasteiger partial charge in [-0.25, -0.2) is 0 Å². The van der Waals surface area contributed by atoms with Crippen LogP contribution in [0, 0.1) is 17.8 Å². The molecule has 2 amide bonds. The van der Waals surface area contributed by atoms with E-state index in [1.807, 2.05) is 20.8 Å². The number of aliphatic hydroxyl groups is 1. The number of unbranched alkanes of at least 4 members (excludes halogenated alkanes) is 2. The van der Waals surface area contributed by atoms with Crippen LogP contribution in [0.2, 0.25) is 0 Å². The minimum Gasteiger partial charge on any atom is -0.466 e. The molecule has 7 atom stereocenters. The Morgan fingerprint density at radius 3 is 2.55 bits per heavy atom. The molecule has 0 radical (unpaired) electrons. The minimum atomic E-state index is -1.07. The third-order valence-electron chi connectivity index (χ3n) is 8.33. The van der Waals surface area contributed by atoms with Crippen LogP contribution in [0.15, 0.2) is 0 Å². The van der Waals surface area contributed by atoms with Crippen LogP contribution >= 0.6 is 0 Å². The first-order valence-electron chi connectivity index (χ1n) is 12.9. The highest BCUT2D eigenvalue weighted by molar-refractivity contribution is 5.98. The number of amides is 2. The van der Waals surface area contributed by atoms with Crippen LogP contribution in [0.5, 0.6) is 0 Å². The molecule has 2 N–H and O–H groups in total. The van der Waals surface area contributed by atoms with Gasteiger partial charge in [0.25, 0.3) is 0 Å². The third kappa shape index (κ3) is 4.07. The average molecular weight is 467 g/mol. The van der Waals surface area contributed by atoms with Gasteiger partial charge in [-0.2, -0.15) is 0 Å². The first kappa shape index (κ1) is 25.9. The summed E-state index contributed by atoms with van der Waals surface area (Å²) in [5, 5.41) is 13.3. The predicted octanol–water partition coefficient (Wildman–Crippen LogP) is 2.42. The quantitative estimate of drug-likeness (QED) is 0.338. The molecule has 33 heavy (non-hydrogen) atoms. The molecule has 3 heterocycles. The molecule has 0 aliphatic carbocycles. The summed E-state index contributed by atoms with van der Waals surface area (Å²) in [7, 11) is 0. The zero-order chi connectivity index (χ0) is 24.4. The highest BCUT2D eigenvalue weighted by atomic mass is 16.6. The fraction of sp³-hybridized carbons (Fsp3) is 0.880. The number of esters is 1. The van der Waals surface area contributed by atoms with Crippen LogP contribution < -0.4 is 5.32 Å². The van der Waals surface area contributed by atoms with Gasteiger partial charge in [-0.3, -0.25) is 14.4 Å². The lowest BCUT2D eigenvalue weighted by Gasteiger charge is -2.39. The Bertz CT molecular complexity index is 744. The van der Waals surface area contributed by atoms with Gasteiger partial charge in [0.1, 0.15) is 17.6 Å². The molecular weight excluding hydrogens is 424 g/mol. The minimum absolute atomic E-state index is 0.0112. The van der Waals surface area contributed by atoms with Crippen molar-refractivity contribution in [2.24, 2.45) is 17.8 Å². The largest absolute Gasteiger partial charge is 0.466 e. The van der Waals surface area contributed by atoms with Crippen molar-refractivity contribution in [2.75, 3.05) is 19.8 Å². The van der Waals surface area contributed by atoms with E-state index in [0.29, 0.717) is 25.8 Å². The van der Waals surface area contributed by atoms with Crippen LogP contribution in [-0.2, 0) is 23.9 Å². The molecule has 3 aliphatic rings. The second kappa shape index (κ2) is 10.3. The highest BCUT2D eigenvalue weighted by Gasteiger charge is 2.79. The van der Waals surface area contributed by atoms with E-state index in [9.17, 15) is 19.5 Å². The van der Waals surface area contributed by atoms with E-state index >= 15 is 0 Å². The number of nitrogens with zero attached hydrogens (tertiary/aromatic N) is 1. The van der Waals surface area contributed by atoms with Gasteiger partial charge in [-0.1, -0.05) is 47.0 Å². The molecule has 188 valence electrons. The summed E-state index contributed by atoms with van der Waals surface area (Å²) in [6, 6.07) is -1.38. The van der Waals surface area contributed by atoms with Crippen molar-refractivity contribution in [3.05, 3.63) is 0 Å². The smallest absolute Gasteiger partial charge is 0.312 e. The Morgan fingerprint density at radius 2 is 1.97 bits per heavy atom. The number of rotatable bonds is 12. The maximum absolute atomic E-state index is 14.0. The van der Waals surface area contributed by atoms with E-state index < -0.39 is 41.1 Å². The number of likely N-dealkylation sites (tertiary alicyclic amines) is 1. The summed E-state index contributed by atoms with van der Waals surface area (Å²) in [5.74, 6) is -2.46. The molecule has 0 saturated carbocycles. The van der Waals surface area contributed by atoms with Gasteiger partial charge in [0.15, 0.2) is 0 Å². The fourth-order valence-corrected chi connectivity index (χ4v) is 6.40. The average Bonchev–Trinajstić information content (AvgIpc) is 3.41. The first-order valence-corrected chi connectivity index (χ1v) is 12.9. The molecule has 0 aromatic heterocycles. The predicted molar refractivity (Wildman–Crippen MR) is 123 cm³/mol. The maximum atomic E-state index is 14.0. The van der Waals surface area contributed by atoms with Gasteiger partial charge in [0, 0.05) is 6.54 Å². The fourth-order valence-electron chi connectivity index (χ4n) is 6.40. The standard InChI is InChI=1S/C25H42N2O6/c1-6-10-11-14-26-21(29)20-25-13-12-24(8-3,33-25)19(23(31)32-9-4)18(25)22(30)27(20)17(15-28)16(5)7-2/h16-20,28H,6-15H2,1-5H3,(H,26,29)/t16-,17-,18-,19+,20?,24-,25?/m0/s1. The highest BCUT2D eigenvalue weighted by Crippen LogP contribution is 2.64. The SMILES string of the molecule is CCCCCNC(=O)C1N([C@@H](CO)[C@@H](C)CC)C(=O)[C@@H]2[C@H](C(=O)OCC)[C@]3(CC)CCC12O3. The molecule has 2 bridgehead atoms. The molecule has 8 nitrogen and oxygen atoms in total. The lowest BCUT2D eigenvalue weighted by atomic mass is 9.65. The third-order valence-corrected chi connectivity index (χ3v) is 8.33. The number of nitrogens with one attached hydrogen (secondary N) is 1. The summed E-state index contributed by atoms with van der Waals surface area (Å²) in [4.78, 5) is 42.3. The summed E-state index contributed by atoms with van der Waals surface area (Å²) in [6.07, 6.45) is 5.37. The molecule has 8 heteroatoms. The normalized spacial score (nSPS) is 34.3. The Balaban J connectivity index is 2.05. The zero-order valence-corrected chi connectivity index (χ0v) is 20.9. The van der Waals surface area contributed by atoms with E-state index in [1.54, 1.807) is 11.8 Å². The van der Waals surface area contributed by atoms with Crippen LogP contribution in [0.4, 0.5) is 0 Å². The van der Waals surface area contributed by atoms with Gasteiger partial charge in [0.2, 0.25) is 11.8 Å². The lowest BCUT2D eigenvalue weighted by Crippen LogP contribution is -2.59. The summed E-state index contributed by atoms with van der Waals surface area (Å²) < 4.78 is 12.1. The number of hydrogen-bond acceptors (Lipinski definition) is 6. The van der Waals surface area contributed by atoms with Crippen molar-refractivity contribution in [2.45, 2.75) is 103 Å². The van der Waals surface area contributed by atoms with Crippen LogP contribution in [0.1, 0.15) is 79.6 Å². The Kier molecular flexibility index (Phi) is 8.10. The second-order valence-electron chi connectivity index (χ2n) is 9.96. The Morgan fingerprint density at radius 1 is 1.24 bits per heavy atom. The number of hydrogen-bond donors (Lipinski definition) is 2. The number of fused-ring (bicyclic) bond motifs is 1. The van der Waals surface area contributed by atoms with E-state index in [2.05, 4.69) is 12.2 Å². The van der Waals surface area contributed by atoms with E-state index in [1.165, 1.54) is 0 Å². The molecule has 3 rings (SSSR count). The molecule has 2 unspecified atom stereocenters. The van der Waals surface area contributed by atoms with Crippen LogP contribution in [0.3, 0.4) is 0 Å². The number of aliphatic hydroxyl groups excluding tert-OH is 1. The molecular formula is C25H42N2O6. The summed E-state index contributed by atoms with van der Waals surface area (Å²) >= 11 is 0. The van der Waals surface area contributed by atoms with E-state index in [4.69, 9.17) is 9.47 Å². The monoisotopic (exact) mass is 466 g/mol. The molecule has 3 aliphatic heterocycles. The van der Waals surface area contributed by atoms with Gasteiger partial charge in [-0.05, 0) is 38.5 Å². The van der Waals surface area contributed by atoms with E-state index in [0.717, 1.165) is 25.7 Å². The Hall–Kier alpha value is -1.67. The molecule has 0 aromatic rings. The molecule has 3 saturated heterocycles. The topological polar surface area (TPSA) is 105 Å². The van der Waals surface area contributed by atoms with Crippen molar-refractivity contribution < 1.29 is 29.0 Å². The van der Waals surface area contributed by atoms with Gasteiger partial charge in [-0.15, -0.1) is 0 Å². The second-order valence-corrected chi connectivity index (χ2v) is 9.96. The van der Waals surface area contributed by atoms with Crippen LogP contribution in [-0.4, -0.2) is 70.8 Å². The van der Waals surface area contributed by atoms with Gasteiger partial charge < -0.3 is 24.8 Å². The molecule has 3 fully saturated rings. The maximum Gasteiger partial charge on any atom is 0.312 e. The molecule has 0 aromatic carbocycles. The van der Waals surface area contributed by atoms with Gasteiger partial charge in [0.05, 0.1) is 30.8 Å². The summed E-state index contributed by atoms with van der Waals surface area (Å²) in [6.45, 7) is 10.3. The van der Waals surface area contributed by atoms with Crippen molar-refractivity contribution in [1.29, 1.82) is 0 Å². The first-order chi connectivity index (χ1) is 15.8. The van der Waals surface area contributed by atoms with Crippen molar-refractivity contribution in [1.82, 2.24) is 10.2 Å². The summed E-state index contributed by atoms with van der Waals surface area (Å²) in [5.41, 5.74) is -1.86. The number of ether oxygens (including phenoxy) is 2. The van der Waals surface area contributed by atoms with Gasteiger partial charge >= 0.3 is 5.97 Å². The van der Waals surface area contributed by atoms with Crippen molar-refractivity contribution >= 4 is 17.8 Å². The van der Waals surface area contributed by atoms with Crippen LogP contribution in [0.25, 0.3) is 0 Å². The zero-order valence-electron chi connectivity index (χ0n) is 20.9. The van der Waals surface area contributed by atoms with Crippen molar-refractivity contribution in [3.63, 3.8) is 0 Å². The van der Waals surface area contributed by atoms with E-state index in [-0.39, 0.29) is 30.9 Å². The number of carbonyl (C=O) groups is 3. The Labute approximate surface area is 197 Å². The number of carbonyl (C=O) groups excluding carboxylic acids is 3. The lowest BCUT2D eigenvalue weighted by molar-refractivity contribution is -0.162.